The normalized spacial score (nSPS) is 13.3. The van der Waals surface area contributed by atoms with Gasteiger partial charge in [0.25, 0.3) is 6.29 Å². The second-order valence-electron chi connectivity index (χ2n) is 4.30. The van der Waals surface area contributed by atoms with Gasteiger partial charge in [0, 0.05) is 4.47 Å². The van der Waals surface area contributed by atoms with Crippen molar-refractivity contribution in [3.05, 3.63) is 70.6 Å². The Morgan fingerprint density at radius 2 is 1.67 bits per heavy atom. The van der Waals surface area contributed by atoms with E-state index in [1.807, 2.05) is 18.2 Å². The summed E-state index contributed by atoms with van der Waals surface area (Å²) in [4.78, 5) is 0. The standard InChI is InChI=1S/C16H10BrNO3/c17-15-6-5-13(9-14(15)16-19-7-8-20-16)21-12-3-1-11(10-18)2-4-12/h1-9,16H. The molecule has 3 rings (SSSR count). The third-order valence-electron chi connectivity index (χ3n) is 2.90. The summed E-state index contributed by atoms with van der Waals surface area (Å²) in [5.74, 6) is 1.32. The molecule has 0 amide bonds. The van der Waals surface area contributed by atoms with Crippen molar-refractivity contribution in [3.8, 4) is 17.6 Å². The Morgan fingerprint density at radius 1 is 1.00 bits per heavy atom. The van der Waals surface area contributed by atoms with E-state index in [0.717, 1.165) is 10.0 Å². The van der Waals surface area contributed by atoms with E-state index in [1.165, 1.54) is 12.5 Å². The van der Waals surface area contributed by atoms with E-state index in [0.29, 0.717) is 17.1 Å². The van der Waals surface area contributed by atoms with Crippen molar-refractivity contribution < 1.29 is 14.2 Å². The van der Waals surface area contributed by atoms with Crippen LogP contribution in [0.25, 0.3) is 0 Å². The Hall–Kier alpha value is -2.45. The van der Waals surface area contributed by atoms with Gasteiger partial charge in [-0.3, -0.25) is 0 Å². The molecule has 1 heterocycles. The van der Waals surface area contributed by atoms with Crippen LogP contribution in [0.4, 0.5) is 0 Å². The van der Waals surface area contributed by atoms with Gasteiger partial charge in [-0.1, -0.05) is 15.9 Å². The Labute approximate surface area is 130 Å². The summed E-state index contributed by atoms with van der Waals surface area (Å²) in [5, 5.41) is 8.78. The van der Waals surface area contributed by atoms with Gasteiger partial charge >= 0.3 is 0 Å². The van der Waals surface area contributed by atoms with Crippen LogP contribution >= 0.6 is 15.9 Å². The summed E-state index contributed by atoms with van der Waals surface area (Å²) >= 11 is 3.47. The van der Waals surface area contributed by atoms with Gasteiger partial charge in [0.05, 0.1) is 17.2 Å². The summed E-state index contributed by atoms with van der Waals surface area (Å²) in [6, 6.07) is 14.6. The number of nitrogens with zero attached hydrogens (tertiary/aromatic N) is 1. The topological polar surface area (TPSA) is 51.5 Å². The first-order valence-corrected chi connectivity index (χ1v) is 6.99. The number of rotatable bonds is 3. The minimum Gasteiger partial charge on any atom is -0.457 e. The fraction of sp³-hybridized carbons (Fsp3) is 0.0625. The smallest absolute Gasteiger partial charge is 0.267 e. The molecule has 0 aromatic heterocycles. The van der Waals surface area contributed by atoms with Crippen molar-refractivity contribution in [2.75, 3.05) is 0 Å². The highest BCUT2D eigenvalue weighted by Gasteiger charge is 2.19. The third-order valence-corrected chi connectivity index (χ3v) is 3.62. The highest BCUT2D eigenvalue weighted by Crippen LogP contribution is 2.34. The minimum atomic E-state index is -0.469. The van der Waals surface area contributed by atoms with Gasteiger partial charge in [0.1, 0.15) is 24.0 Å². The lowest BCUT2D eigenvalue weighted by Crippen LogP contribution is -1.99. The first kappa shape index (κ1) is 13.5. The molecular weight excluding hydrogens is 334 g/mol. The lowest BCUT2D eigenvalue weighted by atomic mass is 10.2. The summed E-state index contributed by atoms with van der Waals surface area (Å²) in [6.45, 7) is 0. The van der Waals surface area contributed by atoms with Gasteiger partial charge < -0.3 is 14.2 Å². The quantitative estimate of drug-likeness (QED) is 0.815. The molecule has 0 atom stereocenters. The van der Waals surface area contributed by atoms with E-state index >= 15 is 0 Å². The lowest BCUT2D eigenvalue weighted by molar-refractivity contribution is -0.0252. The number of hydrogen-bond acceptors (Lipinski definition) is 4. The molecule has 4 nitrogen and oxygen atoms in total. The van der Waals surface area contributed by atoms with Crippen LogP contribution in [0.1, 0.15) is 17.4 Å². The first-order valence-electron chi connectivity index (χ1n) is 6.20. The zero-order valence-corrected chi connectivity index (χ0v) is 12.4. The number of ether oxygens (including phenoxy) is 3. The van der Waals surface area contributed by atoms with E-state index in [2.05, 4.69) is 22.0 Å². The molecule has 0 N–H and O–H groups in total. The molecule has 0 fully saturated rings. The predicted molar refractivity (Wildman–Crippen MR) is 79.4 cm³/mol. The van der Waals surface area contributed by atoms with Gasteiger partial charge in [0.2, 0.25) is 0 Å². The molecule has 1 aliphatic rings. The molecule has 2 aromatic rings. The summed E-state index contributed by atoms with van der Waals surface area (Å²) < 4.78 is 17.3. The van der Waals surface area contributed by atoms with E-state index in [-0.39, 0.29) is 0 Å². The molecule has 21 heavy (non-hydrogen) atoms. The number of nitriles is 1. The highest BCUT2D eigenvalue weighted by atomic mass is 79.9. The van der Waals surface area contributed by atoms with Crippen molar-refractivity contribution in [1.29, 1.82) is 5.26 Å². The zero-order valence-electron chi connectivity index (χ0n) is 10.8. The van der Waals surface area contributed by atoms with Crippen LogP contribution in [0.15, 0.2) is 59.5 Å². The van der Waals surface area contributed by atoms with Gasteiger partial charge in [-0.2, -0.15) is 5.26 Å². The maximum absolute atomic E-state index is 8.78. The summed E-state index contributed by atoms with van der Waals surface area (Å²) in [7, 11) is 0. The SMILES string of the molecule is N#Cc1ccc(Oc2ccc(Br)c(C3OC=CO3)c2)cc1. The molecule has 0 saturated heterocycles. The van der Waals surface area contributed by atoms with Crippen LogP contribution in [-0.2, 0) is 9.47 Å². The van der Waals surface area contributed by atoms with Gasteiger partial charge in [0.15, 0.2) is 0 Å². The molecule has 0 radical (unpaired) electrons. The molecule has 104 valence electrons. The van der Waals surface area contributed by atoms with E-state index in [1.54, 1.807) is 24.3 Å². The molecule has 0 saturated carbocycles. The third kappa shape index (κ3) is 3.01. The average Bonchev–Trinajstić information content (AvgIpc) is 3.04. The second kappa shape index (κ2) is 5.90. The fourth-order valence-electron chi connectivity index (χ4n) is 1.89. The van der Waals surface area contributed by atoms with Crippen LogP contribution in [0.5, 0.6) is 11.5 Å². The molecule has 1 aliphatic heterocycles. The van der Waals surface area contributed by atoms with E-state index in [4.69, 9.17) is 19.5 Å². The minimum absolute atomic E-state index is 0.469. The monoisotopic (exact) mass is 343 g/mol. The van der Waals surface area contributed by atoms with Crippen LogP contribution in [-0.4, -0.2) is 0 Å². The van der Waals surface area contributed by atoms with Crippen LogP contribution in [0, 0.1) is 11.3 Å². The van der Waals surface area contributed by atoms with E-state index < -0.39 is 6.29 Å². The van der Waals surface area contributed by atoms with Crippen molar-refractivity contribution in [3.63, 3.8) is 0 Å². The Bertz CT molecular complexity index is 711. The Balaban J connectivity index is 1.82. The molecule has 5 heteroatoms. The van der Waals surface area contributed by atoms with Crippen molar-refractivity contribution in [2.24, 2.45) is 0 Å². The van der Waals surface area contributed by atoms with E-state index in [9.17, 15) is 0 Å². The molecule has 2 aromatic carbocycles. The Kier molecular flexibility index (Phi) is 3.80. The number of benzene rings is 2. The van der Waals surface area contributed by atoms with Crippen LogP contribution in [0.3, 0.4) is 0 Å². The predicted octanol–water partition coefficient (Wildman–Crippen LogP) is 4.63. The summed E-state index contributed by atoms with van der Waals surface area (Å²) in [6.07, 6.45) is 2.54. The Morgan fingerprint density at radius 3 is 2.33 bits per heavy atom. The van der Waals surface area contributed by atoms with Crippen molar-refractivity contribution in [2.45, 2.75) is 6.29 Å². The van der Waals surface area contributed by atoms with Crippen molar-refractivity contribution in [1.82, 2.24) is 0 Å². The van der Waals surface area contributed by atoms with Crippen LogP contribution in [0.2, 0.25) is 0 Å². The molecule has 0 aliphatic carbocycles. The maximum atomic E-state index is 8.78. The second-order valence-corrected chi connectivity index (χ2v) is 5.15. The van der Waals surface area contributed by atoms with Gasteiger partial charge in [-0.05, 0) is 42.5 Å². The zero-order chi connectivity index (χ0) is 14.7. The largest absolute Gasteiger partial charge is 0.457 e. The number of halogens is 1. The van der Waals surface area contributed by atoms with Gasteiger partial charge in [-0.25, -0.2) is 0 Å². The number of hydrogen-bond donors (Lipinski definition) is 0. The maximum Gasteiger partial charge on any atom is 0.267 e. The van der Waals surface area contributed by atoms with Gasteiger partial charge in [-0.15, -0.1) is 0 Å². The average molecular weight is 344 g/mol. The molecule has 0 bridgehead atoms. The highest BCUT2D eigenvalue weighted by molar-refractivity contribution is 9.10. The molecule has 0 unspecified atom stereocenters. The van der Waals surface area contributed by atoms with Crippen LogP contribution < -0.4 is 4.74 Å². The van der Waals surface area contributed by atoms with Crippen molar-refractivity contribution >= 4 is 15.9 Å². The first-order chi connectivity index (χ1) is 10.3. The lowest BCUT2D eigenvalue weighted by Gasteiger charge is -2.14. The summed E-state index contributed by atoms with van der Waals surface area (Å²) in [5.41, 5.74) is 1.43. The molecular formula is C16H10BrNO3. The molecule has 0 spiro atoms. The fourth-order valence-corrected chi connectivity index (χ4v) is 2.32.